The maximum absolute atomic E-state index is 11.5. The van der Waals surface area contributed by atoms with E-state index >= 15 is 0 Å². The summed E-state index contributed by atoms with van der Waals surface area (Å²) in [5, 5.41) is 9.24. The fourth-order valence-corrected chi connectivity index (χ4v) is 1.83. The maximum atomic E-state index is 11.5. The molecule has 1 fully saturated rings. The second-order valence-corrected chi connectivity index (χ2v) is 3.65. The van der Waals surface area contributed by atoms with Gasteiger partial charge in [-0.1, -0.05) is 0 Å². The summed E-state index contributed by atoms with van der Waals surface area (Å²) in [6.07, 6.45) is 0.625. The number of aliphatic hydroxyl groups excluding tert-OH is 1. The van der Waals surface area contributed by atoms with Gasteiger partial charge >= 0.3 is 13.6 Å². The lowest BCUT2D eigenvalue weighted by Crippen LogP contribution is -2.40. The van der Waals surface area contributed by atoms with Gasteiger partial charge in [0.15, 0.2) is 0 Å². The smallest absolute Gasteiger partial charge is 0.363 e. The van der Waals surface area contributed by atoms with Crippen molar-refractivity contribution >= 4 is 13.6 Å². The van der Waals surface area contributed by atoms with E-state index in [0.717, 1.165) is 6.54 Å². The van der Waals surface area contributed by atoms with Gasteiger partial charge in [0.2, 0.25) is 0 Å². The molecule has 1 N–H and O–H groups in total. The van der Waals surface area contributed by atoms with Crippen LogP contribution in [-0.2, 0) is 14.2 Å². The highest BCUT2D eigenvalue weighted by Crippen LogP contribution is 2.30. The molecule has 0 saturated carbocycles. The first-order chi connectivity index (χ1) is 6.68. The van der Waals surface area contributed by atoms with Crippen LogP contribution in [0.3, 0.4) is 0 Å². The van der Waals surface area contributed by atoms with Gasteiger partial charge in [0.1, 0.15) is 5.41 Å². The summed E-state index contributed by atoms with van der Waals surface area (Å²) in [6, 6.07) is 0. The van der Waals surface area contributed by atoms with Crippen molar-refractivity contribution in [2.24, 2.45) is 5.41 Å². The van der Waals surface area contributed by atoms with Gasteiger partial charge in [0.25, 0.3) is 0 Å². The largest absolute Gasteiger partial charge is 0.468 e. The van der Waals surface area contributed by atoms with Crippen molar-refractivity contribution in [2.45, 2.75) is 6.42 Å². The van der Waals surface area contributed by atoms with Crippen molar-refractivity contribution in [1.29, 1.82) is 0 Å². The Bertz CT molecular complexity index is 214. The molecule has 1 atom stereocenters. The number of hydrogen-bond donors (Lipinski definition) is 1. The molecule has 5 nitrogen and oxygen atoms in total. The van der Waals surface area contributed by atoms with Crippen LogP contribution in [0.5, 0.6) is 0 Å². The number of rotatable bonds is 4. The number of carbonyl (C=O) groups excluding carboxylic acids is 1. The fraction of sp³-hybridized carbons (Fsp3) is 0.875. The lowest BCUT2D eigenvalue weighted by atomic mass is 9.88. The first kappa shape index (κ1) is 11.5. The van der Waals surface area contributed by atoms with Crippen molar-refractivity contribution in [1.82, 2.24) is 4.81 Å². The van der Waals surface area contributed by atoms with Gasteiger partial charge in [0.05, 0.1) is 13.7 Å². The Morgan fingerprint density at radius 2 is 2.36 bits per heavy atom. The molecule has 0 spiro atoms. The van der Waals surface area contributed by atoms with Gasteiger partial charge in [-0.05, 0) is 13.0 Å². The van der Waals surface area contributed by atoms with Crippen LogP contribution in [-0.4, -0.2) is 57.4 Å². The predicted octanol–water partition coefficient (Wildman–Crippen LogP) is -1.24. The van der Waals surface area contributed by atoms with Gasteiger partial charge in [-0.15, -0.1) is 0 Å². The zero-order chi connectivity index (χ0) is 10.6. The monoisotopic (exact) mass is 201 g/mol. The quantitative estimate of drug-likeness (QED) is 0.455. The molecule has 0 radical (unpaired) electrons. The molecule has 0 amide bonds. The second kappa shape index (κ2) is 4.77. The normalized spacial score (nSPS) is 27.6. The molecule has 14 heavy (non-hydrogen) atoms. The molecule has 1 unspecified atom stereocenters. The van der Waals surface area contributed by atoms with E-state index < -0.39 is 5.41 Å². The first-order valence-corrected chi connectivity index (χ1v) is 4.59. The van der Waals surface area contributed by atoms with Crippen LogP contribution in [0.25, 0.3) is 0 Å². The van der Waals surface area contributed by atoms with Crippen molar-refractivity contribution in [3.63, 3.8) is 0 Å². The Balaban J connectivity index is 2.61. The van der Waals surface area contributed by atoms with Crippen LogP contribution >= 0.6 is 0 Å². The van der Waals surface area contributed by atoms with E-state index in [1.165, 1.54) is 7.11 Å². The molecule has 0 bridgehead atoms. The molecule has 1 saturated heterocycles. The van der Waals surface area contributed by atoms with Crippen LogP contribution in [0.2, 0.25) is 0 Å². The Morgan fingerprint density at radius 1 is 1.64 bits per heavy atom. The summed E-state index contributed by atoms with van der Waals surface area (Å²) >= 11 is 0. The highest BCUT2D eigenvalue weighted by Gasteiger charge is 2.45. The van der Waals surface area contributed by atoms with E-state index in [1.54, 1.807) is 7.11 Å². The number of hydrogen-bond acceptors (Lipinski definition) is 5. The third-order valence-corrected chi connectivity index (χ3v) is 2.67. The molecular formula is C8H16BNO4. The molecule has 0 aromatic heterocycles. The van der Waals surface area contributed by atoms with E-state index in [2.05, 4.69) is 4.74 Å². The number of nitrogens with zero attached hydrogens (tertiary/aromatic N) is 1. The van der Waals surface area contributed by atoms with E-state index in [-0.39, 0.29) is 12.6 Å². The Kier molecular flexibility index (Phi) is 3.91. The molecule has 1 aliphatic heterocycles. The zero-order valence-electron chi connectivity index (χ0n) is 8.65. The summed E-state index contributed by atoms with van der Waals surface area (Å²) in [4.78, 5) is 13.4. The minimum Gasteiger partial charge on any atom is -0.468 e. The highest BCUT2D eigenvalue weighted by molar-refractivity contribution is 6.23. The Hall–Kier alpha value is -0.585. The van der Waals surface area contributed by atoms with Crippen LogP contribution in [0.15, 0.2) is 0 Å². The lowest BCUT2D eigenvalue weighted by molar-refractivity contribution is -0.154. The minimum absolute atomic E-state index is 0.167. The number of esters is 1. The van der Waals surface area contributed by atoms with Gasteiger partial charge in [-0.2, -0.15) is 0 Å². The van der Waals surface area contributed by atoms with Gasteiger partial charge in [0, 0.05) is 13.7 Å². The van der Waals surface area contributed by atoms with Crippen LogP contribution in [0.4, 0.5) is 0 Å². The summed E-state index contributed by atoms with van der Waals surface area (Å²) < 4.78 is 9.66. The first-order valence-electron chi connectivity index (χ1n) is 4.59. The van der Waals surface area contributed by atoms with Gasteiger partial charge in [-0.25, -0.2) is 0 Å². The third kappa shape index (κ3) is 2.08. The van der Waals surface area contributed by atoms with Crippen molar-refractivity contribution in [2.75, 3.05) is 33.9 Å². The average Bonchev–Trinajstić information content (AvgIpc) is 2.62. The van der Waals surface area contributed by atoms with Crippen LogP contribution in [0, 0.1) is 5.41 Å². The predicted molar refractivity (Wildman–Crippen MR) is 51.9 cm³/mol. The Morgan fingerprint density at radius 3 is 2.86 bits per heavy atom. The standard InChI is InChI=1S/C8H16BNO4/c1-13-7(12)8(6-11)3-4-10(5-8)9-14-2/h9,11H,3-6H2,1-2H3. The molecule has 80 valence electrons. The van der Waals surface area contributed by atoms with Crippen molar-refractivity contribution in [3.8, 4) is 0 Å². The van der Waals surface area contributed by atoms with E-state index in [4.69, 9.17) is 4.65 Å². The van der Waals surface area contributed by atoms with E-state index in [1.807, 2.05) is 4.81 Å². The number of aliphatic hydroxyl groups is 1. The summed E-state index contributed by atoms with van der Waals surface area (Å²) in [6.45, 7) is 1.09. The molecule has 6 heteroatoms. The maximum Gasteiger partial charge on any atom is 0.363 e. The molecule has 0 aromatic carbocycles. The summed E-state index contributed by atoms with van der Waals surface area (Å²) in [5.74, 6) is -0.335. The SMILES string of the molecule is COBN1CCC(CO)(C(=O)OC)C1. The molecule has 1 heterocycles. The molecule has 0 aromatic rings. The lowest BCUT2D eigenvalue weighted by Gasteiger charge is -2.23. The van der Waals surface area contributed by atoms with Crippen LogP contribution < -0.4 is 0 Å². The van der Waals surface area contributed by atoms with Gasteiger partial charge in [-0.3, -0.25) is 4.79 Å². The molecular weight excluding hydrogens is 185 g/mol. The van der Waals surface area contributed by atoms with E-state index in [0.29, 0.717) is 20.6 Å². The molecule has 1 rings (SSSR count). The van der Waals surface area contributed by atoms with Crippen LogP contribution in [0.1, 0.15) is 6.42 Å². The highest BCUT2D eigenvalue weighted by atomic mass is 16.5. The molecule has 0 aliphatic carbocycles. The summed E-state index contributed by atoms with van der Waals surface area (Å²) in [7, 11) is 3.44. The minimum atomic E-state index is -0.743. The topological polar surface area (TPSA) is 59.0 Å². The number of carbonyl (C=O) groups is 1. The Labute approximate surface area is 84.3 Å². The number of ether oxygens (including phenoxy) is 1. The van der Waals surface area contributed by atoms with Crippen molar-refractivity contribution in [3.05, 3.63) is 0 Å². The fourth-order valence-electron chi connectivity index (χ4n) is 1.83. The van der Waals surface area contributed by atoms with Gasteiger partial charge < -0.3 is 19.3 Å². The van der Waals surface area contributed by atoms with Crippen molar-refractivity contribution < 1.29 is 19.3 Å². The van der Waals surface area contributed by atoms with E-state index in [9.17, 15) is 9.90 Å². The summed E-state index contributed by atoms with van der Waals surface area (Å²) in [5.41, 5.74) is -0.743. The molecule has 1 aliphatic rings. The average molecular weight is 201 g/mol. The zero-order valence-corrected chi connectivity index (χ0v) is 8.65. The number of methoxy groups -OCH3 is 1. The third-order valence-electron chi connectivity index (χ3n) is 2.67. The second-order valence-electron chi connectivity index (χ2n) is 3.65.